The van der Waals surface area contributed by atoms with Gasteiger partial charge in [0.15, 0.2) is 0 Å². The molecule has 0 aliphatic carbocycles. The van der Waals surface area contributed by atoms with Crippen LogP contribution in [0.2, 0.25) is 0 Å². The first-order chi connectivity index (χ1) is 7.60. The molecule has 0 aromatic heterocycles. The summed E-state index contributed by atoms with van der Waals surface area (Å²) in [5.74, 6) is 0.661. The monoisotopic (exact) mass is 222 g/mol. The molecular formula is C16H30. The number of allylic oxidation sites excluding steroid dienone is 2. The lowest BCUT2D eigenvalue weighted by Gasteiger charge is -2.29. The first kappa shape index (κ1) is 15.5. The smallest absolute Gasteiger partial charge is 0.00529 e. The van der Waals surface area contributed by atoms with E-state index >= 15 is 0 Å². The maximum absolute atomic E-state index is 3.92. The van der Waals surface area contributed by atoms with E-state index in [9.17, 15) is 0 Å². The molecule has 94 valence electrons. The zero-order valence-electron chi connectivity index (χ0n) is 11.6. The molecule has 0 saturated heterocycles. The van der Waals surface area contributed by atoms with Crippen LogP contribution in [-0.2, 0) is 0 Å². The lowest BCUT2D eigenvalue weighted by molar-refractivity contribution is 0.320. The quantitative estimate of drug-likeness (QED) is 0.326. The molecule has 0 N–H and O–H groups in total. The van der Waals surface area contributed by atoms with Crippen LogP contribution < -0.4 is 0 Å². The van der Waals surface area contributed by atoms with Crippen LogP contribution in [0.3, 0.4) is 0 Å². The van der Waals surface area contributed by atoms with Crippen molar-refractivity contribution in [2.24, 2.45) is 11.3 Å². The molecule has 0 heteroatoms. The average Bonchev–Trinajstić information content (AvgIpc) is 2.32. The Morgan fingerprint density at radius 2 is 1.50 bits per heavy atom. The minimum absolute atomic E-state index is 0.115. The zero-order chi connectivity index (χ0) is 12.4. The van der Waals surface area contributed by atoms with Crippen LogP contribution >= 0.6 is 0 Å². The van der Waals surface area contributed by atoms with Gasteiger partial charge in [0.05, 0.1) is 0 Å². The Hall–Kier alpha value is -0.520. The molecule has 0 spiro atoms. The van der Waals surface area contributed by atoms with Gasteiger partial charge in [0, 0.05) is 5.41 Å². The number of rotatable bonds is 10. The summed E-state index contributed by atoms with van der Waals surface area (Å²) in [4.78, 5) is 0. The third-order valence-corrected chi connectivity index (χ3v) is 3.93. The molecule has 0 amide bonds. The number of hydrogen-bond donors (Lipinski definition) is 0. The molecule has 0 fully saturated rings. The topological polar surface area (TPSA) is 0 Å². The molecule has 0 aromatic rings. The lowest BCUT2D eigenvalue weighted by Crippen LogP contribution is -2.19. The van der Waals surface area contributed by atoms with Crippen molar-refractivity contribution in [2.45, 2.75) is 65.7 Å². The van der Waals surface area contributed by atoms with Crippen LogP contribution in [0.1, 0.15) is 65.7 Å². The van der Waals surface area contributed by atoms with Crippen LogP contribution in [0.5, 0.6) is 0 Å². The highest BCUT2D eigenvalue weighted by Crippen LogP contribution is 2.33. The molecule has 0 heterocycles. The standard InChI is InChI=1S/C16H30/c1-6-9-10-11-12-13-14-15(4)16(5,7-2)8-3/h7-8,15H,2-3,6,9-14H2,1,4-5H3. The summed E-state index contributed by atoms with van der Waals surface area (Å²) >= 11 is 0. The molecule has 0 aliphatic heterocycles. The van der Waals surface area contributed by atoms with E-state index in [1.165, 1.54) is 44.9 Å². The molecule has 0 bridgehead atoms. The Balaban J connectivity index is 3.68. The molecule has 0 radical (unpaired) electrons. The van der Waals surface area contributed by atoms with E-state index < -0.39 is 0 Å². The highest BCUT2D eigenvalue weighted by Gasteiger charge is 2.23. The number of hydrogen-bond acceptors (Lipinski definition) is 0. The maximum Gasteiger partial charge on any atom is 0.00529 e. The molecule has 0 nitrogen and oxygen atoms in total. The van der Waals surface area contributed by atoms with Gasteiger partial charge in [-0.2, -0.15) is 0 Å². The highest BCUT2D eigenvalue weighted by atomic mass is 14.3. The molecular weight excluding hydrogens is 192 g/mol. The molecule has 1 atom stereocenters. The van der Waals surface area contributed by atoms with Gasteiger partial charge in [-0.25, -0.2) is 0 Å². The third-order valence-electron chi connectivity index (χ3n) is 3.93. The van der Waals surface area contributed by atoms with Crippen LogP contribution in [-0.4, -0.2) is 0 Å². The zero-order valence-corrected chi connectivity index (χ0v) is 11.6. The van der Waals surface area contributed by atoms with E-state index in [1.54, 1.807) is 0 Å². The largest absolute Gasteiger partial charge is 0.102 e. The second kappa shape index (κ2) is 8.61. The van der Waals surface area contributed by atoms with Gasteiger partial charge in [-0.3, -0.25) is 0 Å². The van der Waals surface area contributed by atoms with Gasteiger partial charge in [0.1, 0.15) is 0 Å². The van der Waals surface area contributed by atoms with Gasteiger partial charge in [0.2, 0.25) is 0 Å². The third kappa shape index (κ3) is 5.53. The van der Waals surface area contributed by atoms with E-state index in [1.807, 2.05) is 12.2 Å². The normalized spacial score (nSPS) is 13.4. The van der Waals surface area contributed by atoms with Crippen molar-refractivity contribution < 1.29 is 0 Å². The summed E-state index contributed by atoms with van der Waals surface area (Å²) < 4.78 is 0. The van der Waals surface area contributed by atoms with Crippen molar-refractivity contribution in [3.8, 4) is 0 Å². The van der Waals surface area contributed by atoms with Crippen molar-refractivity contribution in [3.05, 3.63) is 25.3 Å². The van der Waals surface area contributed by atoms with Gasteiger partial charge in [-0.05, 0) is 12.3 Å². The van der Waals surface area contributed by atoms with E-state index in [2.05, 4.69) is 33.9 Å². The summed E-state index contributed by atoms with van der Waals surface area (Å²) in [7, 11) is 0. The molecule has 0 rings (SSSR count). The van der Waals surface area contributed by atoms with Crippen molar-refractivity contribution in [1.82, 2.24) is 0 Å². The molecule has 16 heavy (non-hydrogen) atoms. The van der Waals surface area contributed by atoms with Gasteiger partial charge in [-0.15, -0.1) is 13.2 Å². The summed E-state index contributed by atoms with van der Waals surface area (Å²) in [6.45, 7) is 14.7. The lowest BCUT2D eigenvalue weighted by atomic mass is 9.76. The van der Waals surface area contributed by atoms with E-state index in [0.29, 0.717) is 5.92 Å². The summed E-state index contributed by atoms with van der Waals surface area (Å²) in [6, 6.07) is 0. The van der Waals surface area contributed by atoms with Gasteiger partial charge < -0.3 is 0 Å². The van der Waals surface area contributed by atoms with Crippen molar-refractivity contribution in [2.75, 3.05) is 0 Å². The number of unbranched alkanes of at least 4 members (excludes halogenated alkanes) is 5. The van der Waals surface area contributed by atoms with Gasteiger partial charge >= 0.3 is 0 Å². The minimum Gasteiger partial charge on any atom is -0.102 e. The fraction of sp³-hybridized carbons (Fsp3) is 0.750. The van der Waals surface area contributed by atoms with Crippen LogP contribution in [0.15, 0.2) is 25.3 Å². The Bertz CT molecular complexity index is 182. The van der Waals surface area contributed by atoms with Crippen molar-refractivity contribution >= 4 is 0 Å². The second-order valence-corrected chi connectivity index (χ2v) is 5.23. The molecule has 0 aromatic carbocycles. The molecule has 1 unspecified atom stereocenters. The Labute approximate surface area is 103 Å². The predicted molar refractivity (Wildman–Crippen MR) is 75.7 cm³/mol. The van der Waals surface area contributed by atoms with Crippen molar-refractivity contribution in [3.63, 3.8) is 0 Å². The van der Waals surface area contributed by atoms with Gasteiger partial charge in [-0.1, -0.05) is 71.4 Å². The fourth-order valence-corrected chi connectivity index (χ4v) is 2.03. The fourth-order valence-electron chi connectivity index (χ4n) is 2.03. The average molecular weight is 222 g/mol. The Morgan fingerprint density at radius 3 is 2.00 bits per heavy atom. The summed E-state index contributed by atoms with van der Waals surface area (Å²) in [5, 5.41) is 0. The second-order valence-electron chi connectivity index (χ2n) is 5.23. The molecule has 0 saturated carbocycles. The predicted octanol–water partition coefficient (Wildman–Crippen LogP) is 5.75. The van der Waals surface area contributed by atoms with Crippen LogP contribution in [0, 0.1) is 11.3 Å². The SMILES string of the molecule is C=CC(C)(C=C)C(C)CCCCCCCC. The van der Waals surface area contributed by atoms with Crippen LogP contribution in [0.4, 0.5) is 0 Å². The van der Waals surface area contributed by atoms with Gasteiger partial charge in [0.25, 0.3) is 0 Å². The van der Waals surface area contributed by atoms with E-state index in [0.717, 1.165) is 0 Å². The molecule has 0 aliphatic rings. The first-order valence-electron chi connectivity index (χ1n) is 6.88. The summed E-state index contributed by atoms with van der Waals surface area (Å²) in [6.07, 6.45) is 13.7. The Morgan fingerprint density at radius 1 is 1.00 bits per heavy atom. The Kier molecular flexibility index (Phi) is 8.33. The maximum atomic E-state index is 3.92. The first-order valence-corrected chi connectivity index (χ1v) is 6.88. The summed E-state index contributed by atoms with van der Waals surface area (Å²) in [5.41, 5.74) is 0.115. The van der Waals surface area contributed by atoms with Crippen molar-refractivity contribution in [1.29, 1.82) is 0 Å². The van der Waals surface area contributed by atoms with Crippen LogP contribution in [0.25, 0.3) is 0 Å². The van der Waals surface area contributed by atoms with E-state index in [-0.39, 0.29) is 5.41 Å². The minimum atomic E-state index is 0.115. The van der Waals surface area contributed by atoms with E-state index in [4.69, 9.17) is 0 Å². The highest BCUT2D eigenvalue weighted by molar-refractivity contribution is 5.06.